The third-order valence-corrected chi connectivity index (χ3v) is 4.02. The zero-order chi connectivity index (χ0) is 15.2. The molecule has 1 aromatic carbocycles. The van der Waals surface area contributed by atoms with Gasteiger partial charge in [0.15, 0.2) is 0 Å². The van der Waals surface area contributed by atoms with Crippen molar-refractivity contribution in [2.45, 2.75) is 53.6 Å². The van der Waals surface area contributed by atoms with Gasteiger partial charge >= 0.3 is 0 Å². The van der Waals surface area contributed by atoms with Gasteiger partial charge in [-0.1, -0.05) is 38.1 Å². The number of hydrogen-bond acceptors (Lipinski definition) is 2. The second kappa shape index (κ2) is 7.41. The second-order valence-corrected chi connectivity index (χ2v) is 5.65. The van der Waals surface area contributed by atoms with Crippen LogP contribution in [0.1, 0.15) is 48.3 Å². The number of nitrogens with one attached hydrogen (secondary N) is 1. The first kappa shape index (κ1) is 15.8. The Morgan fingerprint density at radius 2 is 1.71 bits per heavy atom. The molecule has 2 aromatic rings. The van der Waals surface area contributed by atoms with Crippen molar-refractivity contribution in [3.8, 4) is 0 Å². The molecule has 2 rings (SSSR count). The van der Waals surface area contributed by atoms with Crippen LogP contribution in [0, 0.1) is 13.8 Å². The summed E-state index contributed by atoms with van der Waals surface area (Å²) < 4.78 is 2.12. The third-order valence-electron chi connectivity index (χ3n) is 4.02. The minimum Gasteiger partial charge on any atom is -0.313 e. The number of benzene rings is 1. The fourth-order valence-corrected chi connectivity index (χ4v) is 2.59. The number of nitrogens with zero attached hydrogens (tertiary/aromatic N) is 2. The highest BCUT2D eigenvalue weighted by Crippen LogP contribution is 2.15. The molecule has 1 heterocycles. The Morgan fingerprint density at radius 1 is 1.05 bits per heavy atom. The lowest BCUT2D eigenvalue weighted by Crippen LogP contribution is -2.15. The second-order valence-electron chi connectivity index (χ2n) is 5.65. The molecule has 3 nitrogen and oxygen atoms in total. The van der Waals surface area contributed by atoms with Crippen molar-refractivity contribution >= 4 is 0 Å². The van der Waals surface area contributed by atoms with E-state index in [9.17, 15) is 0 Å². The molecular weight excluding hydrogens is 258 g/mol. The van der Waals surface area contributed by atoms with Crippen molar-refractivity contribution in [2.75, 3.05) is 6.54 Å². The normalized spacial score (nSPS) is 11.0. The maximum absolute atomic E-state index is 4.70. The van der Waals surface area contributed by atoms with E-state index in [-0.39, 0.29) is 0 Å². The molecule has 0 amide bonds. The third kappa shape index (κ3) is 3.94. The van der Waals surface area contributed by atoms with Crippen LogP contribution in [-0.2, 0) is 19.5 Å². The van der Waals surface area contributed by atoms with Gasteiger partial charge in [0.2, 0.25) is 0 Å². The van der Waals surface area contributed by atoms with Gasteiger partial charge < -0.3 is 5.32 Å². The van der Waals surface area contributed by atoms with E-state index in [1.165, 1.54) is 22.4 Å². The molecule has 0 bridgehead atoms. The summed E-state index contributed by atoms with van der Waals surface area (Å²) in [6.07, 6.45) is 2.25. The zero-order valence-electron chi connectivity index (χ0n) is 13.7. The van der Waals surface area contributed by atoms with Gasteiger partial charge in [0.1, 0.15) is 0 Å². The first-order valence-corrected chi connectivity index (χ1v) is 7.97. The predicted octanol–water partition coefficient (Wildman–Crippen LogP) is 3.61. The van der Waals surface area contributed by atoms with Crippen molar-refractivity contribution in [1.29, 1.82) is 0 Å². The van der Waals surface area contributed by atoms with Gasteiger partial charge in [-0.05, 0) is 44.4 Å². The number of rotatable bonds is 7. The van der Waals surface area contributed by atoms with Gasteiger partial charge in [-0.2, -0.15) is 5.10 Å². The molecule has 3 heteroatoms. The lowest BCUT2D eigenvalue weighted by atomic mass is 10.1. The van der Waals surface area contributed by atoms with E-state index >= 15 is 0 Å². The van der Waals surface area contributed by atoms with E-state index in [0.717, 1.165) is 38.2 Å². The van der Waals surface area contributed by atoms with E-state index in [1.54, 1.807) is 0 Å². The standard InChI is InChI=1S/C18H27N3/c1-5-11-19-12-18-14(3)20-21(15(18)4)13-17-9-7-16(6-2)8-10-17/h7-10,19H,5-6,11-13H2,1-4H3. The monoisotopic (exact) mass is 285 g/mol. The Labute approximate surface area is 128 Å². The fourth-order valence-electron chi connectivity index (χ4n) is 2.59. The highest BCUT2D eigenvalue weighted by Gasteiger charge is 2.11. The molecule has 0 radical (unpaired) electrons. The van der Waals surface area contributed by atoms with Gasteiger partial charge in [0, 0.05) is 17.8 Å². The van der Waals surface area contributed by atoms with Gasteiger partial charge in [-0.3, -0.25) is 4.68 Å². The lowest BCUT2D eigenvalue weighted by Gasteiger charge is -2.07. The molecule has 1 aromatic heterocycles. The van der Waals surface area contributed by atoms with Gasteiger partial charge in [0.05, 0.1) is 12.2 Å². The molecule has 21 heavy (non-hydrogen) atoms. The molecule has 0 saturated carbocycles. The fraction of sp³-hybridized carbons (Fsp3) is 0.500. The molecule has 0 aliphatic heterocycles. The summed E-state index contributed by atoms with van der Waals surface area (Å²) in [4.78, 5) is 0. The van der Waals surface area contributed by atoms with Crippen LogP contribution in [0.5, 0.6) is 0 Å². The Hall–Kier alpha value is -1.61. The van der Waals surface area contributed by atoms with E-state index < -0.39 is 0 Å². The molecule has 0 aliphatic carbocycles. The van der Waals surface area contributed by atoms with Gasteiger partial charge in [-0.15, -0.1) is 0 Å². The molecule has 0 spiro atoms. The highest BCUT2D eigenvalue weighted by atomic mass is 15.3. The van der Waals surface area contributed by atoms with E-state index in [1.807, 2.05) is 0 Å². The molecular formula is C18H27N3. The van der Waals surface area contributed by atoms with E-state index in [2.05, 4.69) is 62.0 Å². The predicted molar refractivity (Wildman–Crippen MR) is 88.6 cm³/mol. The van der Waals surface area contributed by atoms with Crippen molar-refractivity contribution in [1.82, 2.24) is 15.1 Å². The molecule has 0 atom stereocenters. The molecule has 1 N–H and O–H groups in total. The number of aryl methyl sites for hydroxylation is 2. The van der Waals surface area contributed by atoms with Crippen LogP contribution in [0.4, 0.5) is 0 Å². The summed E-state index contributed by atoms with van der Waals surface area (Å²) in [5, 5.41) is 8.18. The Bertz CT molecular complexity index is 567. The molecule has 114 valence electrons. The number of aromatic nitrogens is 2. The number of hydrogen-bond donors (Lipinski definition) is 1. The largest absolute Gasteiger partial charge is 0.313 e. The summed E-state index contributed by atoms with van der Waals surface area (Å²) in [7, 11) is 0. The Morgan fingerprint density at radius 3 is 2.33 bits per heavy atom. The Balaban J connectivity index is 2.10. The van der Waals surface area contributed by atoms with Crippen molar-refractivity contribution in [3.63, 3.8) is 0 Å². The van der Waals surface area contributed by atoms with E-state index in [0.29, 0.717) is 0 Å². The van der Waals surface area contributed by atoms with Crippen molar-refractivity contribution in [2.24, 2.45) is 0 Å². The topological polar surface area (TPSA) is 29.9 Å². The summed E-state index contributed by atoms with van der Waals surface area (Å²) >= 11 is 0. The van der Waals surface area contributed by atoms with Crippen LogP contribution >= 0.6 is 0 Å². The SMILES string of the molecule is CCCNCc1c(C)nn(Cc2ccc(CC)cc2)c1C. The molecule has 0 unspecified atom stereocenters. The average Bonchev–Trinajstić information content (AvgIpc) is 2.75. The Kier molecular flexibility index (Phi) is 5.57. The molecule has 0 fully saturated rings. The average molecular weight is 285 g/mol. The first-order chi connectivity index (χ1) is 10.2. The van der Waals surface area contributed by atoms with Crippen molar-refractivity contribution < 1.29 is 0 Å². The van der Waals surface area contributed by atoms with Crippen LogP contribution in [0.3, 0.4) is 0 Å². The summed E-state index contributed by atoms with van der Waals surface area (Å²) in [5.74, 6) is 0. The van der Waals surface area contributed by atoms with Crippen LogP contribution in [-0.4, -0.2) is 16.3 Å². The van der Waals surface area contributed by atoms with Gasteiger partial charge in [0.25, 0.3) is 0 Å². The lowest BCUT2D eigenvalue weighted by molar-refractivity contribution is 0.650. The summed E-state index contributed by atoms with van der Waals surface area (Å²) in [6.45, 7) is 11.5. The van der Waals surface area contributed by atoms with Crippen LogP contribution < -0.4 is 5.32 Å². The summed E-state index contributed by atoms with van der Waals surface area (Å²) in [5.41, 5.74) is 6.45. The minimum atomic E-state index is 0.852. The smallest absolute Gasteiger partial charge is 0.0662 e. The first-order valence-electron chi connectivity index (χ1n) is 7.97. The maximum Gasteiger partial charge on any atom is 0.0662 e. The summed E-state index contributed by atoms with van der Waals surface area (Å²) in [6, 6.07) is 8.85. The molecule has 0 saturated heterocycles. The van der Waals surface area contributed by atoms with Crippen LogP contribution in [0.25, 0.3) is 0 Å². The van der Waals surface area contributed by atoms with Crippen LogP contribution in [0.2, 0.25) is 0 Å². The van der Waals surface area contributed by atoms with Gasteiger partial charge in [-0.25, -0.2) is 0 Å². The highest BCUT2D eigenvalue weighted by molar-refractivity contribution is 5.27. The quantitative estimate of drug-likeness (QED) is 0.788. The maximum atomic E-state index is 4.70. The molecule has 0 aliphatic rings. The minimum absolute atomic E-state index is 0.852. The van der Waals surface area contributed by atoms with Crippen molar-refractivity contribution in [3.05, 3.63) is 52.3 Å². The van der Waals surface area contributed by atoms with Crippen LogP contribution in [0.15, 0.2) is 24.3 Å². The van der Waals surface area contributed by atoms with E-state index in [4.69, 9.17) is 5.10 Å². The zero-order valence-corrected chi connectivity index (χ0v) is 13.7.